The second kappa shape index (κ2) is 9.63. The molecule has 3 aromatic carbocycles. The van der Waals surface area contributed by atoms with E-state index in [0.29, 0.717) is 4.90 Å². The van der Waals surface area contributed by atoms with Gasteiger partial charge in [0, 0.05) is 31.9 Å². The van der Waals surface area contributed by atoms with Crippen molar-refractivity contribution >= 4 is 15.7 Å². The number of rotatable bonds is 9. The smallest absolute Gasteiger partial charge is 0.243 e. The Bertz CT molecular complexity index is 1070. The summed E-state index contributed by atoms with van der Waals surface area (Å²) >= 11 is 0. The molecule has 0 aromatic heterocycles. The van der Waals surface area contributed by atoms with Crippen LogP contribution in [0, 0.1) is 0 Å². The van der Waals surface area contributed by atoms with Crippen LogP contribution in [-0.2, 0) is 23.1 Å². The molecule has 0 atom stereocenters. The molecule has 0 bridgehead atoms. The van der Waals surface area contributed by atoms with E-state index < -0.39 is 10.0 Å². The molecule has 7 heteroatoms. The third-order valence-electron chi connectivity index (χ3n) is 5.73. The van der Waals surface area contributed by atoms with E-state index >= 15 is 0 Å². The molecule has 0 amide bonds. The average molecular weight is 453 g/mol. The molecule has 0 N–H and O–H groups in total. The topological polar surface area (TPSA) is 59.1 Å². The molecule has 0 unspecified atom stereocenters. The van der Waals surface area contributed by atoms with Crippen molar-refractivity contribution in [2.45, 2.75) is 24.4 Å². The molecule has 6 nitrogen and oxygen atoms in total. The number of methoxy groups -OCH3 is 2. The molecule has 0 spiro atoms. The van der Waals surface area contributed by atoms with Crippen molar-refractivity contribution < 1.29 is 17.9 Å². The number of hydrogen-bond donors (Lipinski definition) is 0. The number of benzene rings is 3. The van der Waals surface area contributed by atoms with Crippen LogP contribution in [0.5, 0.6) is 11.5 Å². The van der Waals surface area contributed by atoms with Crippen LogP contribution in [0.15, 0.2) is 77.7 Å². The van der Waals surface area contributed by atoms with Gasteiger partial charge >= 0.3 is 0 Å². The summed E-state index contributed by atoms with van der Waals surface area (Å²) in [5.74, 6) is 1.47. The maximum absolute atomic E-state index is 13.6. The third kappa shape index (κ3) is 4.89. The van der Waals surface area contributed by atoms with Gasteiger partial charge in [0.2, 0.25) is 10.0 Å². The Labute approximate surface area is 190 Å². The molecular formula is C25H28N2O4S. The number of hydrogen-bond acceptors (Lipinski definition) is 5. The molecule has 0 saturated carbocycles. The number of anilines is 1. The second-order valence-electron chi connectivity index (χ2n) is 7.80. The van der Waals surface area contributed by atoms with Crippen LogP contribution in [0.25, 0.3) is 0 Å². The van der Waals surface area contributed by atoms with Crippen molar-refractivity contribution in [2.75, 3.05) is 32.2 Å². The molecule has 168 valence electrons. The standard InChI is InChI=1S/C25H28N2O4S/c1-30-23-10-4-20(5-11-23)18-27(19-21-6-12-24(31-2)13-7-21)32(28,29)25-14-8-22(9-15-25)26-16-3-17-26/h4-15H,3,16-19H2,1-2H3. The van der Waals surface area contributed by atoms with Crippen LogP contribution in [0.2, 0.25) is 0 Å². The summed E-state index contributed by atoms with van der Waals surface area (Å²) in [5, 5.41) is 0. The zero-order valence-corrected chi connectivity index (χ0v) is 19.2. The van der Waals surface area contributed by atoms with E-state index in [4.69, 9.17) is 9.47 Å². The Morgan fingerprint density at radius 1 is 0.750 bits per heavy atom. The Morgan fingerprint density at radius 2 is 1.22 bits per heavy atom. The largest absolute Gasteiger partial charge is 0.497 e. The zero-order valence-electron chi connectivity index (χ0n) is 18.4. The van der Waals surface area contributed by atoms with Crippen molar-refractivity contribution in [1.29, 1.82) is 0 Å². The van der Waals surface area contributed by atoms with E-state index in [-0.39, 0.29) is 13.1 Å². The van der Waals surface area contributed by atoms with Gasteiger partial charge in [-0.05, 0) is 66.1 Å². The van der Waals surface area contributed by atoms with Gasteiger partial charge in [-0.15, -0.1) is 0 Å². The monoisotopic (exact) mass is 452 g/mol. The molecule has 1 heterocycles. The fourth-order valence-corrected chi connectivity index (χ4v) is 5.06. The molecule has 1 saturated heterocycles. The van der Waals surface area contributed by atoms with Crippen LogP contribution >= 0.6 is 0 Å². The summed E-state index contributed by atoms with van der Waals surface area (Å²) < 4.78 is 39.2. The first-order valence-electron chi connectivity index (χ1n) is 10.6. The summed E-state index contributed by atoms with van der Waals surface area (Å²) in [6, 6.07) is 22.1. The lowest BCUT2D eigenvalue weighted by Gasteiger charge is -2.33. The highest BCUT2D eigenvalue weighted by molar-refractivity contribution is 7.89. The molecular weight excluding hydrogens is 424 g/mol. The maximum Gasteiger partial charge on any atom is 0.243 e. The van der Waals surface area contributed by atoms with Crippen LogP contribution in [-0.4, -0.2) is 40.0 Å². The lowest BCUT2D eigenvalue weighted by atomic mass is 10.2. The first kappa shape index (κ1) is 22.2. The molecule has 1 aliphatic rings. The predicted octanol–water partition coefficient (Wildman–Crippen LogP) is 4.31. The van der Waals surface area contributed by atoms with Crippen LogP contribution in [0.1, 0.15) is 17.5 Å². The van der Waals surface area contributed by atoms with E-state index in [1.54, 1.807) is 26.4 Å². The van der Waals surface area contributed by atoms with E-state index in [1.165, 1.54) is 10.7 Å². The number of ether oxygens (including phenoxy) is 2. The van der Waals surface area contributed by atoms with E-state index in [0.717, 1.165) is 41.4 Å². The van der Waals surface area contributed by atoms with Crippen LogP contribution in [0.3, 0.4) is 0 Å². The highest BCUT2D eigenvalue weighted by Gasteiger charge is 2.26. The number of sulfonamides is 1. The highest BCUT2D eigenvalue weighted by atomic mass is 32.2. The molecule has 0 radical (unpaired) electrons. The fourth-order valence-electron chi connectivity index (χ4n) is 3.65. The first-order valence-corrected chi connectivity index (χ1v) is 12.0. The van der Waals surface area contributed by atoms with Gasteiger partial charge in [0.05, 0.1) is 19.1 Å². The normalized spacial score (nSPS) is 13.7. The molecule has 0 aliphatic carbocycles. The third-order valence-corrected chi connectivity index (χ3v) is 7.54. The average Bonchev–Trinajstić information content (AvgIpc) is 2.79. The highest BCUT2D eigenvalue weighted by Crippen LogP contribution is 2.26. The van der Waals surface area contributed by atoms with Gasteiger partial charge in [-0.1, -0.05) is 24.3 Å². The van der Waals surface area contributed by atoms with E-state index in [9.17, 15) is 8.42 Å². The Hall–Kier alpha value is -3.03. The Kier molecular flexibility index (Phi) is 6.67. The summed E-state index contributed by atoms with van der Waals surface area (Å²) in [5.41, 5.74) is 2.84. The van der Waals surface area contributed by atoms with Gasteiger partial charge in [-0.3, -0.25) is 0 Å². The fraction of sp³-hybridized carbons (Fsp3) is 0.280. The van der Waals surface area contributed by atoms with Crippen LogP contribution < -0.4 is 14.4 Å². The van der Waals surface area contributed by atoms with Gasteiger partial charge in [0.15, 0.2) is 0 Å². The second-order valence-corrected chi connectivity index (χ2v) is 9.74. The summed E-state index contributed by atoms with van der Waals surface area (Å²) in [6.45, 7) is 2.55. The van der Waals surface area contributed by atoms with E-state index in [2.05, 4.69) is 4.90 Å². The SMILES string of the molecule is COc1ccc(CN(Cc2ccc(OC)cc2)S(=O)(=O)c2ccc(N3CCC3)cc2)cc1. The van der Waals surface area contributed by atoms with Gasteiger partial charge in [-0.25, -0.2) is 8.42 Å². The quantitative estimate of drug-likeness (QED) is 0.484. The summed E-state index contributed by atoms with van der Waals surface area (Å²) in [7, 11) is -0.487. The van der Waals surface area contributed by atoms with Crippen molar-refractivity contribution in [3.8, 4) is 11.5 Å². The van der Waals surface area contributed by atoms with Crippen molar-refractivity contribution in [1.82, 2.24) is 4.31 Å². The minimum Gasteiger partial charge on any atom is -0.497 e. The summed E-state index contributed by atoms with van der Waals surface area (Å²) in [6.07, 6.45) is 1.18. The van der Waals surface area contributed by atoms with Crippen molar-refractivity contribution in [3.05, 3.63) is 83.9 Å². The first-order chi connectivity index (χ1) is 15.5. The Balaban J connectivity index is 1.62. The number of nitrogens with zero attached hydrogens (tertiary/aromatic N) is 2. The molecule has 1 aliphatic heterocycles. The lowest BCUT2D eigenvalue weighted by molar-refractivity contribution is 0.397. The predicted molar refractivity (Wildman–Crippen MR) is 126 cm³/mol. The minimum absolute atomic E-state index is 0.256. The van der Waals surface area contributed by atoms with Gasteiger partial charge in [0.1, 0.15) is 11.5 Å². The molecule has 4 rings (SSSR count). The molecule has 3 aromatic rings. The maximum atomic E-state index is 13.6. The lowest BCUT2D eigenvalue weighted by Crippen LogP contribution is -2.37. The van der Waals surface area contributed by atoms with Crippen molar-refractivity contribution in [2.24, 2.45) is 0 Å². The zero-order chi connectivity index (χ0) is 22.6. The van der Waals surface area contributed by atoms with Crippen LogP contribution in [0.4, 0.5) is 5.69 Å². The molecule has 32 heavy (non-hydrogen) atoms. The molecule has 1 fully saturated rings. The summed E-state index contributed by atoms with van der Waals surface area (Å²) in [4.78, 5) is 2.53. The Morgan fingerprint density at radius 3 is 1.59 bits per heavy atom. The van der Waals surface area contributed by atoms with Crippen molar-refractivity contribution in [3.63, 3.8) is 0 Å². The minimum atomic E-state index is -3.71. The van der Waals surface area contributed by atoms with Gasteiger partial charge < -0.3 is 14.4 Å². The van der Waals surface area contributed by atoms with E-state index in [1.807, 2.05) is 60.7 Å². The van der Waals surface area contributed by atoms with Gasteiger partial charge in [-0.2, -0.15) is 4.31 Å². The van der Waals surface area contributed by atoms with Gasteiger partial charge in [0.25, 0.3) is 0 Å².